The van der Waals surface area contributed by atoms with Crippen LogP contribution in [0.1, 0.15) is 48.5 Å². The molecule has 0 bridgehead atoms. The minimum atomic E-state index is 0.223. The Morgan fingerprint density at radius 3 is 1.80 bits per heavy atom. The van der Waals surface area contributed by atoms with Crippen molar-refractivity contribution in [1.29, 1.82) is 0 Å². The molecule has 0 radical (unpaired) electrons. The summed E-state index contributed by atoms with van der Waals surface area (Å²) < 4.78 is 0. The second-order valence-corrected chi connectivity index (χ2v) is 5.66. The molecule has 2 nitrogen and oxygen atoms in total. The predicted molar refractivity (Wildman–Crippen MR) is 69.3 cm³/mol. The Hall–Kier alpha value is -0.0800. The van der Waals surface area contributed by atoms with Crippen LogP contribution in [0.3, 0.4) is 0 Å². The van der Waals surface area contributed by atoms with Gasteiger partial charge in [-0.2, -0.15) is 0 Å². The van der Waals surface area contributed by atoms with E-state index in [9.17, 15) is 0 Å². The van der Waals surface area contributed by atoms with E-state index in [1.54, 1.807) is 0 Å². The Bertz CT molecular complexity index is 154. The number of nitrogens with one attached hydrogen (secondary N) is 1. The highest BCUT2D eigenvalue weighted by Gasteiger charge is 2.21. The van der Waals surface area contributed by atoms with Gasteiger partial charge in [-0.25, -0.2) is 0 Å². The van der Waals surface area contributed by atoms with Gasteiger partial charge in [-0.15, -0.1) is 0 Å². The first-order valence-electron chi connectivity index (χ1n) is 6.30. The molecule has 15 heavy (non-hydrogen) atoms. The fourth-order valence-electron chi connectivity index (χ4n) is 1.89. The number of hydrogen-bond acceptors (Lipinski definition) is 2. The maximum Gasteiger partial charge on any atom is 0.0243 e. The third-order valence-corrected chi connectivity index (χ3v) is 2.89. The van der Waals surface area contributed by atoms with Crippen molar-refractivity contribution < 1.29 is 0 Å². The van der Waals surface area contributed by atoms with E-state index in [0.29, 0.717) is 12.0 Å². The van der Waals surface area contributed by atoms with Gasteiger partial charge in [0, 0.05) is 18.1 Å². The van der Waals surface area contributed by atoms with Crippen LogP contribution in [-0.4, -0.2) is 36.1 Å². The molecule has 0 aliphatic heterocycles. The van der Waals surface area contributed by atoms with Gasteiger partial charge < -0.3 is 5.32 Å². The van der Waals surface area contributed by atoms with Crippen LogP contribution in [-0.2, 0) is 0 Å². The third-order valence-electron chi connectivity index (χ3n) is 2.89. The molecule has 0 aromatic rings. The molecule has 92 valence electrons. The predicted octanol–water partition coefficient (Wildman–Crippen LogP) is 2.74. The summed E-state index contributed by atoms with van der Waals surface area (Å²) >= 11 is 0. The SMILES string of the molecule is CCN(CC)C(CNC(C)(C)C)C(C)C. The highest BCUT2D eigenvalue weighted by molar-refractivity contribution is 4.80. The summed E-state index contributed by atoms with van der Waals surface area (Å²) in [5.74, 6) is 0.708. The molecule has 0 aliphatic carbocycles. The van der Waals surface area contributed by atoms with Crippen molar-refractivity contribution >= 4 is 0 Å². The quantitative estimate of drug-likeness (QED) is 0.731. The second kappa shape index (κ2) is 6.49. The first-order valence-corrected chi connectivity index (χ1v) is 6.30. The molecule has 0 saturated heterocycles. The van der Waals surface area contributed by atoms with E-state index in [2.05, 4.69) is 58.7 Å². The van der Waals surface area contributed by atoms with Gasteiger partial charge in [0.1, 0.15) is 0 Å². The maximum atomic E-state index is 3.61. The molecule has 0 aliphatic rings. The van der Waals surface area contributed by atoms with E-state index in [0.717, 1.165) is 19.6 Å². The van der Waals surface area contributed by atoms with Gasteiger partial charge in [-0.05, 0) is 39.8 Å². The zero-order chi connectivity index (χ0) is 12.1. The van der Waals surface area contributed by atoms with Crippen LogP contribution in [0.5, 0.6) is 0 Å². The molecule has 0 aromatic heterocycles. The smallest absolute Gasteiger partial charge is 0.0243 e. The summed E-state index contributed by atoms with van der Waals surface area (Å²) in [6, 6.07) is 0.652. The monoisotopic (exact) mass is 214 g/mol. The van der Waals surface area contributed by atoms with Crippen molar-refractivity contribution in [2.75, 3.05) is 19.6 Å². The van der Waals surface area contributed by atoms with Gasteiger partial charge in [-0.3, -0.25) is 4.90 Å². The minimum Gasteiger partial charge on any atom is -0.311 e. The van der Waals surface area contributed by atoms with Crippen LogP contribution in [0.4, 0.5) is 0 Å². The van der Waals surface area contributed by atoms with Crippen LogP contribution < -0.4 is 5.32 Å². The Labute approximate surface area is 96.4 Å². The number of rotatable bonds is 6. The summed E-state index contributed by atoms with van der Waals surface area (Å²) in [7, 11) is 0. The number of nitrogens with zero attached hydrogens (tertiary/aromatic N) is 1. The summed E-state index contributed by atoms with van der Waals surface area (Å²) in [4.78, 5) is 2.55. The molecule has 2 heteroatoms. The van der Waals surface area contributed by atoms with Crippen molar-refractivity contribution in [2.24, 2.45) is 5.92 Å². The Morgan fingerprint density at radius 2 is 1.53 bits per heavy atom. The van der Waals surface area contributed by atoms with Crippen LogP contribution in [0.15, 0.2) is 0 Å². The highest BCUT2D eigenvalue weighted by Crippen LogP contribution is 2.11. The lowest BCUT2D eigenvalue weighted by Gasteiger charge is -2.35. The molecule has 0 fully saturated rings. The summed E-state index contributed by atoms with van der Waals surface area (Å²) in [5.41, 5.74) is 0.223. The van der Waals surface area contributed by atoms with Gasteiger partial charge in [0.2, 0.25) is 0 Å². The Balaban J connectivity index is 4.27. The average molecular weight is 214 g/mol. The molecule has 0 aromatic carbocycles. The lowest BCUT2D eigenvalue weighted by atomic mass is 10.0. The van der Waals surface area contributed by atoms with Crippen LogP contribution in [0.2, 0.25) is 0 Å². The van der Waals surface area contributed by atoms with E-state index in [1.165, 1.54) is 0 Å². The van der Waals surface area contributed by atoms with E-state index < -0.39 is 0 Å². The Morgan fingerprint density at radius 1 is 1.07 bits per heavy atom. The molecular formula is C13H30N2. The number of likely N-dealkylation sites (N-methyl/N-ethyl adjacent to an activating group) is 1. The molecule has 0 spiro atoms. The molecule has 1 N–H and O–H groups in total. The van der Waals surface area contributed by atoms with Crippen molar-refractivity contribution in [2.45, 2.75) is 60.0 Å². The minimum absolute atomic E-state index is 0.223. The zero-order valence-corrected chi connectivity index (χ0v) is 11.7. The summed E-state index contributed by atoms with van der Waals surface area (Å²) in [6.45, 7) is 19.2. The van der Waals surface area contributed by atoms with E-state index >= 15 is 0 Å². The summed E-state index contributed by atoms with van der Waals surface area (Å²) in [5, 5.41) is 3.61. The van der Waals surface area contributed by atoms with Crippen molar-refractivity contribution in [3.8, 4) is 0 Å². The standard InChI is InChI=1S/C13H30N2/c1-8-15(9-2)12(11(3)4)10-14-13(5,6)7/h11-12,14H,8-10H2,1-7H3. The molecule has 1 atom stereocenters. The average Bonchev–Trinajstić information content (AvgIpc) is 2.09. The molecule has 0 heterocycles. The zero-order valence-electron chi connectivity index (χ0n) is 11.7. The number of hydrogen-bond donors (Lipinski definition) is 1. The lowest BCUT2D eigenvalue weighted by Crippen LogP contribution is -2.49. The van der Waals surface area contributed by atoms with E-state index in [1.807, 2.05) is 0 Å². The normalized spacial score (nSPS) is 15.0. The third kappa shape index (κ3) is 6.16. The van der Waals surface area contributed by atoms with Crippen molar-refractivity contribution in [1.82, 2.24) is 10.2 Å². The Kier molecular flexibility index (Phi) is 6.46. The molecular weight excluding hydrogens is 184 g/mol. The largest absolute Gasteiger partial charge is 0.311 e. The van der Waals surface area contributed by atoms with Crippen molar-refractivity contribution in [3.63, 3.8) is 0 Å². The van der Waals surface area contributed by atoms with Crippen LogP contribution in [0.25, 0.3) is 0 Å². The first kappa shape index (κ1) is 14.9. The lowest BCUT2D eigenvalue weighted by molar-refractivity contribution is 0.158. The fraction of sp³-hybridized carbons (Fsp3) is 1.00. The molecule has 0 rings (SSSR count). The highest BCUT2D eigenvalue weighted by atomic mass is 15.2. The van der Waals surface area contributed by atoms with Gasteiger partial charge in [0.25, 0.3) is 0 Å². The molecule has 0 amide bonds. The van der Waals surface area contributed by atoms with E-state index in [4.69, 9.17) is 0 Å². The van der Waals surface area contributed by atoms with E-state index in [-0.39, 0.29) is 5.54 Å². The van der Waals surface area contributed by atoms with Gasteiger partial charge >= 0.3 is 0 Å². The first-order chi connectivity index (χ1) is 6.81. The topological polar surface area (TPSA) is 15.3 Å². The van der Waals surface area contributed by atoms with Gasteiger partial charge in [0.05, 0.1) is 0 Å². The van der Waals surface area contributed by atoms with Crippen molar-refractivity contribution in [3.05, 3.63) is 0 Å². The second-order valence-electron chi connectivity index (χ2n) is 5.66. The van der Waals surface area contributed by atoms with Gasteiger partial charge in [-0.1, -0.05) is 27.7 Å². The van der Waals surface area contributed by atoms with Crippen LogP contribution in [0, 0.1) is 5.92 Å². The molecule has 0 saturated carbocycles. The summed E-state index contributed by atoms with van der Waals surface area (Å²) in [6.07, 6.45) is 0. The van der Waals surface area contributed by atoms with Crippen LogP contribution >= 0.6 is 0 Å². The molecule has 1 unspecified atom stereocenters. The maximum absolute atomic E-state index is 3.61. The fourth-order valence-corrected chi connectivity index (χ4v) is 1.89. The van der Waals surface area contributed by atoms with Gasteiger partial charge in [0.15, 0.2) is 0 Å².